The molecule has 1 aromatic heterocycles. The number of nitrogens with one attached hydrogen (secondary N) is 1. The van der Waals surface area contributed by atoms with E-state index < -0.39 is 0 Å². The second-order valence-electron chi connectivity index (χ2n) is 8.35. The van der Waals surface area contributed by atoms with Gasteiger partial charge in [0.15, 0.2) is 0 Å². The van der Waals surface area contributed by atoms with E-state index in [0.29, 0.717) is 6.42 Å². The van der Waals surface area contributed by atoms with Gasteiger partial charge in [0.05, 0.1) is 7.11 Å². The molecule has 0 unspecified atom stereocenters. The van der Waals surface area contributed by atoms with Crippen LogP contribution in [0, 0.1) is 5.41 Å². The van der Waals surface area contributed by atoms with E-state index >= 15 is 0 Å². The quantitative estimate of drug-likeness (QED) is 0.422. The Morgan fingerprint density at radius 2 is 1.70 bits per heavy atom. The van der Waals surface area contributed by atoms with Gasteiger partial charge in [-0.25, -0.2) is 4.98 Å². The third-order valence-electron chi connectivity index (χ3n) is 4.20. The van der Waals surface area contributed by atoms with E-state index in [-0.39, 0.29) is 11.2 Å². The first-order valence-electron chi connectivity index (χ1n) is 10.3. The van der Waals surface area contributed by atoms with Gasteiger partial charge in [-0.15, -0.1) is 0 Å². The van der Waals surface area contributed by atoms with Gasteiger partial charge in [-0.2, -0.15) is 0 Å². The van der Waals surface area contributed by atoms with Gasteiger partial charge in [0.1, 0.15) is 17.4 Å². The van der Waals surface area contributed by atoms with Crippen molar-refractivity contribution in [1.29, 1.82) is 0 Å². The van der Waals surface area contributed by atoms with Gasteiger partial charge >= 0.3 is 0 Å². The van der Waals surface area contributed by atoms with Gasteiger partial charge in [0, 0.05) is 30.1 Å². The van der Waals surface area contributed by atoms with Gasteiger partial charge in [-0.1, -0.05) is 57.2 Å². The Morgan fingerprint density at radius 3 is 2.07 bits per heavy atom. The van der Waals surface area contributed by atoms with Crippen LogP contribution in [0.2, 0.25) is 0 Å². The lowest BCUT2D eigenvalue weighted by atomic mass is 9.93. The van der Waals surface area contributed by atoms with Crippen LogP contribution < -0.4 is 5.32 Å². The van der Waals surface area contributed by atoms with Crippen molar-refractivity contribution in [2.75, 3.05) is 19.0 Å². The molecule has 0 bridgehead atoms. The molecule has 0 atom stereocenters. The number of carbonyl (C=O) groups excluding carboxylic acids is 1. The summed E-state index contributed by atoms with van der Waals surface area (Å²) < 4.78 is 5.23. The Balaban J connectivity index is 0.000000352. The number of ether oxygens (including phenoxy) is 1. The molecule has 1 heterocycles. The molecule has 0 amide bonds. The summed E-state index contributed by atoms with van der Waals surface area (Å²) in [6, 6.07) is 12.1. The van der Waals surface area contributed by atoms with Crippen molar-refractivity contribution in [3.8, 4) is 11.1 Å². The van der Waals surface area contributed by atoms with E-state index in [2.05, 4.69) is 37.7 Å². The smallest absolute Gasteiger partial charge is 0.134 e. The van der Waals surface area contributed by atoms with Crippen molar-refractivity contribution in [3.63, 3.8) is 0 Å². The number of ketones is 1. The third kappa shape index (κ3) is 9.08. The maximum absolute atomic E-state index is 11.1. The molecule has 1 N–H and O–H groups in total. The molecule has 0 saturated carbocycles. The number of hydrogen-bond acceptors (Lipinski definition) is 4. The van der Waals surface area contributed by atoms with Crippen LogP contribution in [-0.4, -0.2) is 24.4 Å². The average Bonchev–Trinajstić information content (AvgIpc) is 2.67. The van der Waals surface area contributed by atoms with Crippen LogP contribution in [-0.2, 0) is 16.0 Å². The first-order chi connectivity index (χ1) is 14.1. The fourth-order valence-electron chi connectivity index (χ4n) is 2.76. The molecule has 2 aromatic rings. The van der Waals surface area contributed by atoms with Gasteiger partial charge in [0.2, 0.25) is 0 Å². The molecular formula is C26H36N2O2. The molecule has 0 radical (unpaired) electrons. The Kier molecular flexibility index (Phi) is 10.0. The van der Waals surface area contributed by atoms with E-state index in [1.165, 1.54) is 0 Å². The average molecular weight is 409 g/mol. The van der Waals surface area contributed by atoms with E-state index in [9.17, 15) is 4.79 Å². The topological polar surface area (TPSA) is 51.2 Å². The number of allylic oxidation sites excluding steroid dienone is 3. The molecule has 1 aromatic carbocycles. The van der Waals surface area contributed by atoms with Crippen LogP contribution in [0.25, 0.3) is 11.1 Å². The molecule has 0 fully saturated rings. The highest BCUT2D eigenvalue weighted by atomic mass is 16.5. The molecule has 162 valence electrons. The standard InChI is InChI=1S/C16H18N2O.C10H18O/c1-3-17-16-9-8-15(11-18-16)14-6-4-13(5-7-14)10-12(2)19;1-8(2)7-9(11-6)10(3,4)5/h4-9,11H,3,10H2,1-2H3,(H,17,18);7H,1H2,2-6H3/b;9-7-. The zero-order valence-corrected chi connectivity index (χ0v) is 19.5. The molecule has 0 aliphatic heterocycles. The van der Waals surface area contributed by atoms with Crippen molar-refractivity contribution in [3.05, 3.63) is 72.1 Å². The number of nitrogens with zero attached hydrogens (tertiary/aromatic N) is 1. The van der Waals surface area contributed by atoms with Crippen molar-refractivity contribution in [1.82, 2.24) is 4.98 Å². The molecule has 30 heavy (non-hydrogen) atoms. The van der Waals surface area contributed by atoms with Gasteiger partial charge in [-0.05, 0) is 50.1 Å². The fourth-order valence-corrected chi connectivity index (χ4v) is 2.76. The lowest BCUT2D eigenvalue weighted by Gasteiger charge is -2.21. The van der Waals surface area contributed by atoms with Crippen molar-refractivity contribution in [2.24, 2.45) is 5.41 Å². The molecule has 0 aliphatic rings. The van der Waals surface area contributed by atoms with Crippen LogP contribution in [0.15, 0.2) is 66.6 Å². The first kappa shape index (κ1) is 25.2. The van der Waals surface area contributed by atoms with E-state index in [1.807, 2.05) is 62.5 Å². The number of hydrogen-bond donors (Lipinski definition) is 1. The largest absolute Gasteiger partial charge is 0.501 e. The van der Waals surface area contributed by atoms with E-state index in [0.717, 1.165) is 40.4 Å². The number of rotatable bonds is 7. The summed E-state index contributed by atoms with van der Waals surface area (Å²) >= 11 is 0. The normalized spacial score (nSPS) is 11.2. The van der Waals surface area contributed by atoms with Crippen molar-refractivity contribution >= 4 is 11.6 Å². The number of pyridine rings is 1. The predicted molar refractivity (Wildman–Crippen MR) is 128 cm³/mol. The second-order valence-corrected chi connectivity index (χ2v) is 8.35. The van der Waals surface area contributed by atoms with Crippen molar-refractivity contribution < 1.29 is 9.53 Å². The Bertz CT molecular complexity index is 842. The van der Waals surface area contributed by atoms with Crippen molar-refractivity contribution in [2.45, 2.75) is 48.0 Å². The highest BCUT2D eigenvalue weighted by Gasteiger charge is 2.17. The Labute approximate surface area is 182 Å². The minimum atomic E-state index is 0.0771. The number of benzene rings is 1. The summed E-state index contributed by atoms with van der Waals surface area (Å²) in [6.45, 7) is 16.6. The number of methoxy groups -OCH3 is 1. The second kappa shape index (κ2) is 12.0. The predicted octanol–water partition coefficient (Wildman–Crippen LogP) is 6.45. The van der Waals surface area contributed by atoms with Crippen LogP contribution in [0.1, 0.15) is 47.1 Å². The number of aromatic nitrogens is 1. The Morgan fingerprint density at radius 1 is 1.10 bits per heavy atom. The maximum Gasteiger partial charge on any atom is 0.134 e. The maximum atomic E-state index is 11.1. The first-order valence-corrected chi connectivity index (χ1v) is 10.3. The van der Waals surface area contributed by atoms with Gasteiger partial charge in [0.25, 0.3) is 0 Å². The van der Waals surface area contributed by atoms with E-state index in [1.54, 1.807) is 14.0 Å². The van der Waals surface area contributed by atoms with E-state index in [4.69, 9.17) is 4.74 Å². The third-order valence-corrected chi connectivity index (χ3v) is 4.20. The monoisotopic (exact) mass is 408 g/mol. The highest BCUT2D eigenvalue weighted by Crippen LogP contribution is 2.26. The minimum Gasteiger partial charge on any atom is -0.501 e. The minimum absolute atomic E-state index is 0.0771. The summed E-state index contributed by atoms with van der Waals surface area (Å²) in [6.07, 6.45) is 4.33. The fraction of sp³-hybridized carbons (Fsp3) is 0.385. The van der Waals surface area contributed by atoms with Crippen LogP contribution in [0.5, 0.6) is 0 Å². The molecular weight excluding hydrogens is 372 g/mol. The molecule has 4 heteroatoms. The molecule has 2 rings (SSSR count). The summed E-state index contributed by atoms with van der Waals surface area (Å²) in [7, 11) is 1.69. The number of Topliss-reactive ketones (excluding diaryl/α,β-unsaturated/α-hetero) is 1. The summed E-state index contributed by atoms with van der Waals surface area (Å²) in [5, 5.41) is 3.17. The highest BCUT2D eigenvalue weighted by molar-refractivity contribution is 5.78. The SMILES string of the molecule is C=C(C)/C=C(\OC)C(C)(C)C.CCNc1ccc(-c2ccc(CC(C)=O)cc2)cn1. The Hall–Kier alpha value is -2.88. The number of anilines is 1. The van der Waals surface area contributed by atoms with Crippen LogP contribution >= 0.6 is 0 Å². The van der Waals surface area contributed by atoms with Gasteiger partial charge in [-0.3, -0.25) is 4.79 Å². The molecule has 0 spiro atoms. The molecule has 0 aliphatic carbocycles. The van der Waals surface area contributed by atoms with Gasteiger partial charge < -0.3 is 10.1 Å². The molecule has 0 saturated heterocycles. The summed E-state index contributed by atoms with van der Waals surface area (Å²) in [4.78, 5) is 15.4. The van der Waals surface area contributed by atoms with Crippen LogP contribution in [0.3, 0.4) is 0 Å². The number of carbonyl (C=O) groups is 1. The zero-order chi connectivity index (χ0) is 22.7. The zero-order valence-electron chi connectivity index (χ0n) is 19.5. The molecule has 4 nitrogen and oxygen atoms in total. The lowest BCUT2D eigenvalue weighted by Crippen LogP contribution is -2.10. The van der Waals surface area contributed by atoms with Crippen LogP contribution in [0.4, 0.5) is 5.82 Å². The summed E-state index contributed by atoms with van der Waals surface area (Å²) in [5.74, 6) is 2.05. The summed E-state index contributed by atoms with van der Waals surface area (Å²) in [5.41, 5.74) is 4.34. The lowest BCUT2D eigenvalue weighted by molar-refractivity contribution is -0.116.